The lowest BCUT2D eigenvalue weighted by molar-refractivity contribution is 0.373. The first-order chi connectivity index (χ1) is 11.4. The van der Waals surface area contributed by atoms with Crippen molar-refractivity contribution in [3.05, 3.63) is 29.4 Å². The molecule has 1 aliphatic rings. The molecule has 0 atom stereocenters. The van der Waals surface area contributed by atoms with E-state index < -0.39 is 0 Å². The summed E-state index contributed by atoms with van der Waals surface area (Å²) < 4.78 is 5.74. The van der Waals surface area contributed by atoms with Gasteiger partial charge in [0.15, 0.2) is 11.1 Å². The largest absolute Gasteiger partial charge is 0.443 e. The lowest BCUT2D eigenvalue weighted by Gasteiger charge is -2.35. The first-order valence-electron chi connectivity index (χ1n) is 8.08. The van der Waals surface area contributed by atoms with Gasteiger partial charge in [-0.2, -0.15) is 0 Å². The van der Waals surface area contributed by atoms with E-state index in [1.807, 2.05) is 11.6 Å². The first kappa shape index (κ1) is 20.0. The summed E-state index contributed by atoms with van der Waals surface area (Å²) in [6, 6.07) is 0. The Morgan fingerprint density at radius 1 is 1.28 bits per heavy atom. The molecule has 0 aliphatic carbocycles. The standard InChI is InChI=1S/C16H24N6OS.HI/c1-16(2,3)12-10-19-13(23-12)11-20-14(17)21-5-7-22(8-6-21)15-18-4-9-24-15;/h4,9-10H,5-8,11H2,1-3H3,(H2,17,20);1H. The van der Waals surface area contributed by atoms with E-state index in [9.17, 15) is 0 Å². The van der Waals surface area contributed by atoms with Crippen molar-refractivity contribution in [1.29, 1.82) is 0 Å². The summed E-state index contributed by atoms with van der Waals surface area (Å²) in [5, 5.41) is 3.07. The number of halogens is 1. The number of rotatable bonds is 3. The van der Waals surface area contributed by atoms with Gasteiger partial charge in [0.25, 0.3) is 0 Å². The third-order valence-corrected chi connectivity index (χ3v) is 4.79. The summed E-state index contributed by atoms with van der Waals surface area (Å²) in [6.45, 7) is 10.1. The number of nitrogens with two attached hydrogens (primary N) is 1. The second-order valence-corrected chi connectivity index (χ2v) is 7.70. The van der Waals surface area contributed by atoms with Crippen LogP contribution in [0.15, 0.2) is 27.2 Å². The molecular weight excluding hydrogens is 451 g/mol. The second kappa shape index (κ2) is 8.35. The average Bonchev–Trinajstić information content (AvgIpc) is 3.23. The van der Waals surface area contributed by atoms with Crippen LogP contribution in [-0.2, 0) is 12.0 Å². The van der Waals surface area contributed by atoms with Gasteiger partial charge in [0.1, 0.15) is 12.3 Å². The summed E-state index contributed by atoms with van der Waals surface area (Å²) >= 11 is 1.66. The van der Waals surface area contributed by atoms with Gasteiger partial charge in [0.2, 0.25) is 5.89 Å². The Bertz CT molecular complexity index is 686. The van der Waals surface area contributed by atoms with E-state index in [4.69, 9.17) is 10.2 Å². The van der Waals surface area contributed by atoms with Crippen LogP contribution in [0.25, 0.3) is 0 Å². The molecule has 138 valence electrons. The minimum absolute atomic E-state index is 0. The highest BCUT2D eigenvalue weighted by Gasteiger charge is 2.21. The van der Waals surface area contributed by atoms with E-state index in [1.165, 1.54) is 0 Å². The van der Waals surface area contributed by atoms with Crippen molar-refractivity contribution in [3.8, 4) is 0 Å². The third-order valence-electron chi connectivity index (χ3n) is 3.96. The van der Waals surface area contributed by atoms with Crippen LogP contribution in [0.3, 0.4) is 0 Å². The highest BCUT2D eigenvalue weighted by Crippen LogP contribution is 2.23. The zero-order chi connectivity index (χ0) is 17.2. The molecule has 1 saturated heterocycles. The zero-order valence-electron chi connectivity index (χ0n) is 14.8. The Hall–Kier alpha value is -1.36. The summed E-state index contributed by atoms with van der Waals surface area (Å²) in [4.78, 5) is 17.4. The van der Waals surface area contributed by atoms with E-state index in [0.29, 0.717) is 18.4 Å². The van der Waals surface area contributed by atoms with Crippen LogP contribution in [0.4, 0.5) is 5.13 Å². The molecule has 2 aromatic heterocycles. The van der Waals surface area contributed by atoms with Gasteiger partial charge in [-0.25, -0.2) is 15.0 Å². The van der Waals surface area contributed by atoms with Gasteiger partial charge in [-0.1, -0.05) is 20.8 Å². The Morgan fingerprint density at radius 2 is 2.00 bits per heavy atom. The predicted octanol–water partition coefficient (Wildman–Crippen LogP) is 2.68. The zero-order valence-corrected chi connectivity index (χ0v) is 18.0. The summed E-state index contributed by atoms with van der Waals surface area (Å²) in [5.41, 5.74) is 6.08. The number of aliphatic imine (C=N–C) groups is 1. The van der Waals surface area contributed by atoms with Crippen LogP contribution >= 0.6 is 35.3 Å². The van der Waals surface area contributed by atoms with Gasteiger partial charge < -0.3 is 20.0 Å². The first-order valence-corrected chi connectivity index (χ1v) is 8.96. The molecule has 1 fully saturated rings. The van der Waals surface area contributed by atoms with Crippen LogP contribution in [0, 0.1) is 0 Å². The fourth-order valence-electron chi connectivity index (χ4n) is 2.48. The number of nitrogens with zero attached hydrogens (tertiary/aromatic N) is 5. The SMILES string of the molecule is CC(C)(C)c1cnc(CN=C(N)N2CCN(c3nccs3)CC2)o1.I. The summed E-state index contributed by atoms with van der Waals surface area (Å²) in [5.74, 6) is 2.01. The van der Waals surface area contributed by atoms with Gasteiger partial charge in [-0.3, -0.25) is 0 Å². The highest BCUT2D eigenvalue weighted by atomic mass is 127. The van der Waals surface area contributed by atoms with Crippen LogP contribution in [0.5, 0.6) is 0 Å². The fourth-order valence-corrected chi connectivity index (χ4v) is 3.17. The van der Waals surface area contributed by atoms with Gasteiger partial charge in [-0.05, 0) is 0 Å². The monoisotopic (exact) mass is 476 g/mol. The maximum Gasteiger partial charge on any atom is 0.216 e. The van der Waals surface area contributed by atoms with Crippen LogP contribution in [0.2, 0.25) is 0 Å². The third kappa shape index (κ3) is 5.06. The molecule has 3 heterocycles. The van der Waals surface area contributed by atoms with E-state index in [0.717, 1.165) is 37.1 Å². The summed E-state index contributed by atoms with van der Waals surface area (Å²) in [7, 11) is 0. The minimum atomic E-state index is -0.0489. The molecule has 3 rings (SSSR count). The number of anilines is 1. The Balaban J connectivity index is 0.00000225. The van der Waals surface area contributed by atoms with E-state index >= 15 is 0 Å². The van der Waals surface area contributed by atoms with Crippen molar-refractivity contribution >= 4 is 46.4 Å². The number of hydrogen-bond acceptors (Lipinski definition) is 6. The summed E-state index contributed by atoms with van der Waals surface area (Å²) in [6.07, 6.45) is 3.61. The Labute approximate surface area is 169 Å². The van der Waals surface area contributed by atoms with Gasteiger partial charge in [-0.15, -0.1) is 35.3 Å². The van der Waals surface area contributed by atoms with Gasteiger partial charge in [0.05, 0.1) is 6.20 Å². The molecule has 2 N–H and O–H groups in total. The predicted molar refractivity (Wildman–Crippen MR) is 112 cm³/mol. The average molecular weight is 476 g/mol. The second-order valence-electron chi connectivity index (χ2n) is 6.83. The van der Waals surface area contributed by atoms with Crippen LogP contribution < -0.4 is 10.6 Å². The molecule has 25 heavy (non-hydrogen) atoms. The van der Waals surface area contributed by atoms with Crippen molar-refractivity contribution in [3.63, 3.8) is 0 Å². The van der Waals surface area contributed by atoms with Crippen LogP contribution in [0.1, 0.15) is 32.4 Å². The molecule has 0 bridgehead atoms. The maximum atomic E-state index is 6.13. The van der Waals surface area contributed by atoms with E-state index in [2.05, 4.69) is 45.5 Å². The number of thiazole rings is 1. The Morgan fingerprint density at radius 3 is 2.56 bits per heavy atom. The van der Waals surface area contributed by atoms with Crippen molar-refractivity contribution < 1.29 is 4.42 Å². The fraction of sp³-hybridized carbons (Fsp3) is 0.562. The molecule has 0 unspecified atom stereocenters. The maximum absolute atomic E-state index is 6.13. The molecule has 0 radical (unpaired) electrons. The molecule has 2 aromatic rings. The molecule has 7 nitrogen and oxygen atoms in total. The molecular formula is C16H25IN6OS. The molecule has 0 aromatic carbocycles. The number of guanidine groups is 1. The minimum Gasteiger partial charge on any atom is -0.443 e. The van der Waals surface area contributed by atoms with Crippen molar-refractivity contribution in [2.75, 3.05) is 31.1 Å². The topological polar surface area (TPSA) is 83.8 Å². The number of aromatic nitrogens is 2. The lowest BCUT2D eigenvalue weighted by Crippen LogP contribution is -2.51. The van der Waals surface area contributed by atoms with Crippen molar-refractivity contribution in [2.24, 2.45) is 10.7 Å². The quantitative estimate of drug-likeness (QED) is 0.417. The normalized spacial score (nSPS) is 16.0. The molecule has 1 aliphatic heterocycles. The smallest absolute Gasteiger partial charge is 0.216 e. The molecule has 9 heteroatoms. The van der Waals surface area contributed by atoms with Crippen LogP contribution in [-0.4, -0.2) is 47.0 Å². The number of piperazine rings is 1. The highest BCUT2D eigenvalue weighted by molar-refractivity contribution is 14.0. The number of oxazole rings is 1. The van der Waals surface area contributed by atoms with Crippen molar-refractivity contribution in [1.82, 2.24) is 14.9 Å². The Kier molecular flexibility index (Phi) is 6.66. The van der Waals surface area contributed by atoms with Crippen molar-refractivity contribution in [2.45, 2.75) is 32.7 Å². The van der Waals surface area contributed by atoms with E-state index in [-0.39, 0.29) is 29.4 Å². The van der Waals surface area contributed by atoms with E-state index in [1.54, 1.807) is 17.5 Å². The number of hydrogen-bond donors (Lipinski definition) is 1. The lowest BCUT2D eigenvalue weighted by atomic mass is 9.94. The molecule has 0 spiro atoms. The molecule has 0 amide bonds. The van der Waals surface area contributed by atoms with Gasteiger partial charge >= 0.3 is 0 Å². The van der Waals surface area contributed by atoms with Gasteiger partial charge in [0, 0.05) is 43.2 Å². The molecule has 0 saturated carbocycles.